The SMILES string of the molecule is NC(=O)[C@H]1C[C@H](NC(=O)c2cccs2)[C@H](c2nc(-c3ccccc3)no2)C1. The largest absolute Gasteiger partial charge is 0.369 e. The number of hydrogen-bond acceptors (Lipinski definition) is 6. The van der Waals surface area contributed by atoms with E-state index in [4.69, 9.17) is 10.3 Å². The first-order valence-corrected chi connectivity index (χ1v) is 9.52. The molecule has 0 spiro atoms. The minimum Gasteiger partial charge on any atom is -0.369 e. The van der Waals surface area contributed by atoms with Crippen LogP contribution in [0.2, 0.25) is 0 Å². The molecule has 3 aromatic rings. The second kappa shape index (κ2) is 7.32. The van der Waals surface area contributed by atoms with Crippen LogP contribution in [-0.4, -0.2) is 28.0 Å². The Bertz CT molecular complexity index is 939. The standard InChI is InChI=1S/C19H18N4O3S/c20-16(24)12-9-13(14(10-12)21-18(25)15-7-4-8-27-15)19-22-17(23-26-19)11-5-2-1-3-6-11/h1-8,12-14H,9-10H2,(H2,20,24)(H,21,25)/t12-,13-,14+/m1/s1. The fraction of sp³-hybridized carbons (Fsp3) is 0.263. The van der Waals surface area contributed by atoms with E-state index in [0.717, 1.165) is 5.56 Å². The van der Waals surface area contributed by atoms with Gasteiger partial charge in [0.2, 0.25) is 17.6 Å². The van der Waals surface area contributed by atoms with E-state index in [0.29, 0.717) is 29.4 Å². The first-order chi connectivity index (χ1) is 13.1. The van der Waals surface area contributed by atoms with Gasteiger partial charge in [-0.15, -0.1) is 11.3 Å². The molecule has 1 saturated carbocycles. The molecule has 0 saturated heterocycles. The minimum atomic E-state index is -0.379. The molecule has 138 valence electrons. The lowest BCUT2D eigenvalue weighted by Crippen LogP contribution is -2.36. The molecule has 2 aromatic heterocycles. The smallest absolute Gasteiger partial charge is 0.261 e. The maximum absolute atomic E-state index is 12.5. The Morgan fingerprint density at radius 2 is 1.96 bits per heavy atom. The number of primary amides is 1. The predicted octanol–water partition coefficient (Wildman–Crippen LogP) is 2.58. The van der Waals surface area contributed by atoms with E-state index in [9.17, 15) is 9.59 Å². The highest BCUT2D eigenvalue weighted by Gasteiger charge is 2.41. The van der Waals surface area contributed by atoms with Crippen LogP contribution < -0.4 is 11.1 Å². The summed E-state index contributed by atoms with van der Waals surface area (Å²) in [5.41, 5.74) is 6.35. The van der Waals surface area contributed by atoms with E-state index >= 15 is 0 Å². The van der Waals surface area contributed by atoms with Crippen LogP contribution in [0.3, 0.4) is 0 Å². The van der Waals surface area contributed by atoms with Gasteiger partial charge in [-0.25, -0.2) is 0 Å². The van der Waals surface area contributed by atoms with Gasteiger partial charge in [-0.1, -0.05) is 41.6 Å². The lowest BCUT2D eigenvalue weighted by atomic mass is 10.0. The highest BCUT2D eigenvalue weighted by Crippen LogP contribution is 2.38. The van der Waals surface area contributed by atoms with Crippen molar-refractivity contribution in [1.29, 1.82) is 0 Å². The summed E-state index contributed by atoms with van der Waals surface area (Å²) in [6.07, 6.45) is 0.932. The molecule has 8 heteroatoms. The number of carbonyl (C=O) groups is 2. The maximum Gasteiger partial charge on any atom is 0.261 e. The summed E-state index contributed by atoms with van der Waals surface area (Å²) in [4.78, 5) is 29.3. The predicted molar refractivity (Wildman–Crippen MR) is 100.0 cm³/mol. The number of nitrogens with one attached hydrogen (secondary N) is 1. The number of benzene rings is 1. The van der Waals surface area contributed by atoms with Crippen molar-refractivity contribution in [2.24, 2.45) is 11.7 Å². The van der Waals surface area contributed by atoms with Crippen LogP contribution in [0, 0.1) is 5.92 Å². The van der Waals surface area contributed by atoms with Crippen molar-refractivity contribution in [2.75, 3.05) is 0 Å². The zero-order chi connectivity index (χ0) is 18.8. The van der Waals surface area contributed by atoms with Gasteiger partial charge in [0.1, 0.15) is 0 Å². The Kier molecular flexibility index (Phi) is 4.72. The van der Waals surface area contributed by atoms with E-state index in [1.165, 1.54) is 11.3 Å². The van der Waals surface area contributed by atoms with Crippen molar-refractivity contribution in [3.8, 4) is 11.4 Å². The highest BCUT2D eigenvalue weighted by molar-refractivity contribution is 7.12. The normalized spacial score (nSPS) is 21.9. The number of nitrogens with two attached hydrogens (primary N) is 1. The number of hydrogen-bond donors (Lipinski definition) is 2. The summed E-state index contributed by atoms with van der Waals surface area (Å²) in [7, 11) is 0. The monoisotopic (exact) mass is 382 g/mol. The third kappa shape index (κ3) is 3.61. The molecule has 1 fully saturated rings. The molecule has 7 nitrogen and oxygen atoms in total. The van der Waals surface area contributed by atoms with Crippen molar-refractivity contribution >= 4 is 23.2 Å². The molecule has 1 aliphatic rings. The summed E-state index contributed by atoms with van der Waals surface area (Å²) >= 11 is 1.36. The zero-order valence-electron chi connectivity index (χ0n) is 14.4. The molecule has 4 rings (SSSR count). The second-order valence-corrected chi connectivity index (χ2v) is 7.50. The van der Waals surface area contributed by atoms with E-state index in [1.54, 1.807) is 6.07 Å². The minimum absolute atomic E-state index is 0.173. The first kappa shape index (κ1) is 17.4. The van der Waals surface area contributed by atoms with Gasteiger partial charge in [0.15, 0.2) is 0 Å². The molecule has 3 atom stereocenters. The average molecular weight is 382 g/mol. The number of rotatable bonds is 5. The van der Waals surface area contributed by atoms with Crippen molar-refractivity contribution in [2.45, 2.75) is 24.8 Å². The topological polar surface area (TPSA) is 111 Å². The second-order valence-electron chi connectivity index (χ2n) is 6.56. The lowest BCUT2D eigenvalue weighted by Gasteiger charge is -2.17. The van der Waals surface area contributed by atoms with Crippen LogP contribution in [0.4, 0.5) is 0 Å². The third-order valence-electron chi connectivity index (χ3n) is 4.82. The molecule has 0 radical (unpaired) electrons. The Labute approximate surface area is 159 Å². The van der Waals surface area contributed by atoms with Crippen LogP contribution in [0.25, 0.3) is 11.4 Å². The molecule has 1 aromatic carbocycles. The highest BCUT2D eigenvalue weighted by atomic mass is 32.1. The molecule has 0 bridgehead atoms. The van der Waals surface area contributed by atoms with Gasteiger partial charge in [-0.05, 0) is 24.3 Å². The fourth-order valence-electron chi connectivity index (χ4n) is 3.44. The van der Waals surface area contributed by atoms with Crippen molar-refractivity contribution in [3.63, 3.8) is 0 Å². The quantitative estimate of drug-likeness (QED) is 0.704. The van der Waals surface area contributed by atoms with Crippen LogP contribution in [0.1, 0.15) is 34.3 Å². The van der Waals surface area contributed by atoms with Crippen LogP contribution in [0.5, 0.6) is 0 Å². The number of thiophene rings is 1. The fourth-order valence-corrected chi connectivity index (χ4v) is 4.07. The van der Waals surface area contributed by atoms with E-state index < -0.39 is 0 Å². The Balaban J connectivity index is 1.57. The molecular formula is C19H18N4O3S. The van der Waals surface area contributed by atoms with Gasteiger partial charge in [0.05, 0.1) is 10.8 Å². The number of carbonyl (C=O) groups excluding carboxylic acids is 2. The first-order valence-electron chi connectivity index (χ1n) is 8.64. The Hall–Kier alpha value is -3.00. The van der Waals surface area contributed by atoms with Crippen LogP contribution in [0.15, 0.2) is 52.4 Å². The molecular weight excluding hydrogens is 364 g/mol. The van der Waals surface area contributed by atoms with Crippen molar-refractivity contribution in [3.05, 3.63) is 58.6 Å². The summed E-state index contributed by atoms with van der Waals surface area (Å²) < 4.78 is 5.47. The van der Waals surface area contributed by atoms with Crippen LogP contribution >= 0.6 is 11.3 Å². The Morgan fingerprint density at radius 1 is 1.15 bits per heavy atom. The van der Waals surface area contributed by atoms with Gasteiger partial charge in [0, 0.05) is 17.5 Å². The van der Waals surface area contributed by atoms with Gasteiger partial charge < -0.3 is 15.6 Å². The van der Waals surface area contributed by atoms with Crippen LogP contribution in [-0.2, 0) is 4.79 Å². The van der Waals surface area contributed by atoms with Gasteiger partial charge in [-0.2, -0.15) is 4.98 Å². The molecule has 27 heavy (non-hydrogen) atoms. The van der Waals surface area contributed by atoms with Crippen molar-refractivity contribution < 1.29 is 14.1 Å². The molecule has 0 unspecified atom stereocenters. The number of amides is 2. The van der Waals surface area contributed by atoms with E-state index in [1.807, 2.05) is 41.8 Å². The third-order valence-corrected chi connectivity index (χ3v) is 5.69. The molecule has 1 aliphatic carbocycles. The Morgan fingerprint density at radius 3 is 2.67 bits per heavy atom. The molecule has 0 aliphatic heterocycles. The summed E-state index contributed by atoms with van der Waals surface area (Å²) in [5, 5.41) is 8.90. The summed E-state index contributed by atoms with van der Waals surface area (Å²) in [5.74, 6) is -0.249. The van der Waals surface area contributed by atoms with E-state index in [-0.39, 0.29) is 29.7 Å². The summed E-state index contributed by atoms with van der Waals surface area (Å²) in [6, 6.07) is 12.8. The molecule has 2 heterocycles. The maximum atomic E-state index is 12.5. The van der Waals surface area contributed by atoms with Gasteiger partial charge in [-0.3, -0.25) is 9.59 Å². The molecule has 3 N–H and O–H groups in total. The molecule has 2 amide bonds. The summed E-state index contributed by atoms with van der Waals surface area (Å²) in [6.45, 7) is 0. The number of aromatic nitrogens is 2. The average Bonchev–Trinajstić information content (AvgIpc) is 3.42. The van der Waals surface area contributed by atoms with E-state index in [2.05, 4.69) is 15.5 Å². The van der Waals surface area contributed by atoms with Gasteiger partial charge in [0.25, 0.3) is 5.91 Å². The lowest BCUT2D eigenvalue weighted by molar-refractivity contribution is -0.121. The zero-order valence-corrected chi connectivity index (χ0v) is 15.2. The number of nitrogens with zero attached hydrogens (tertiary/aromatic N) is 2. The van der Waals surface area contributed by atoms with Crippen molar-refractivity contribution in [1.82, 2.24) is 15.5 Å². The van der Waals surface area contributed by atoms with Gasteiger partial charge >= 0.3 is 0 Å².